The normalized spacial score (nSPS) is 19.6. The van der Waals surface area contributed by atoms with Crippen molar-refractivity contribution in [1.82, 2.24) is 19.8 Å². The van der Waals surface area contributed by atoms with Crippen molar-refractivity contribution in [3.8, 4) is 0 Å². The second kappa shape index (κ2) is 7.13. The molecule has 0 saturated carbocycles. The van der Waals surface area contributed by atoms with Crippen molar-refractivity contribution < 1.29 is 4.79 Å². The Kier molecular flexibility index (Phi) is 5.48. The quantitative estimate of drug-likeness (QED) is 0.905. The molecule has 1 saturated heterocycles. The van der Waals surface area contributed by atoms with Crippen molar-refractivity contribution in [1.29, 1.82) is 0 Å². The first kappa shape index (κ1) is 15.4. The number of amides is 1. The summed E-state index contributed by atoms with van der Waals surface area (Å²) in [5.74, 6) is 0.373. The second-order valence-corrected chi connectivity index (χ2v) is 6.44. The summed E-state index contributed by atoms with van der Waals surface area (Å²) in [6.07, 6.45) is 4.45. The van der Waals surface area contributed by atoms with Gasteiger partial charge in [-0.05, 0) is 56.7 Å². The van der Waals surface area contributed by atoms with Crippen LogP contribution in [0.2, 0.25) is 0 Å². The van der Waals surface area contributed by atoms with Gasteiger partial charge in [0.25, 0.3) is 5.91 Å². The molecule has 0 spiro atoms. The second-order valence-electron chi connectivity index (χ2n) is 5.68. The van der Waals surface area contributed by atoms with Crippen LogP contribution in [0.25, 0.3) is 0 Å². The third-order valence-electron chi connectivity index (χ3n) is 3.87. The maximum atomic E-state index is 12.8. The summed E-state index contributed by atoms with van der Waals surface area (Å²) in [7, 11) is 1.96. The third-order valence-corrected chi connectivity index (χ3v) is 4.60. The summed E-state index contributed by atoms with van der Waals surface area (Å²) in [5, 5.41) is 7.31. The van der Waals surface area contributed by atoms with Gasteiger partial charge in [-0.3, -0.25) is 4.79 Å². The van der Waals surface area contributed by atoms with Gasteiger partial charge in [-0.25, -0.2) is 0 Å². The Balaban J connectivity index is 2.14. The van der Waals surface area contributed by atoms with Crippen molar-refractivity contribution in [3.05, 3.63) is 10.6 Å². The van der Waals surface area contributed by atoms with Gasteiger partial charge >= 0.3 is 0 Å². The van der Waals surface area contributed by atoms with E-state index >= 15 is 0 Å². The van der Waals surface area contributed by atoms with Crippen molar-refractivity contribution in [2.45, 2.75) is 51.5 Å². The maximum Gasteiger partial charge on any atom is 0.267 e. The lowest BCUT2D eigenvalue weighted by Crippen LogP contribution is -2.44. The minimum absolute atomic E-state index is 0.129. The maximum absolute atomic E-state index is 12.8. The molecule has 5 nitrogen and oxygen atoms in total. The van der Waals surface area contributed by atoms with E-state index in [4.69, 9.17) is 0 Å². The van der Waals surface area contributed by atoms with Gasteiger partial charge in [0, 0.05) is 12.6 Å². The van der Waals surface area contributed by atoms with E-state index in [1.165, 1.54) is 18.0 Å². The van der Waals surface area contributed by atoms with E-state index in [1.807, 2.05) is 11.9 Å². The molecule has 1 aliphatic heterocycles. The van der Waals surface area contributed by atoms with Gasteiger partial charge in [0.1, 0.15) is 4.88 Å². The molecule has 1 amide bonds. The Labute approximate surface area is 124 Å². The fraction of sp³-hybridized carbons (Fsp3) is 0.786. The zero-order valence-electron chi connectivity index (χ0n) is 12.6. The lowest BCUT2D eigenvalue weighted by molar-refractivity contribution is 0.0606. The predicted molar refractivity (Wildman–Crippen MR) is 81.2 cm³/mol. The Hall–Kier alpha value is -1.01. The van der Waals surface area contributed by atoms with Crippen molar-refractivity contribution in [2.75, 3.05) is 20.1 Å². The van der Waals surface area contributed by atoms with Gasteiger partial charge in [0.05, 0.1) is 5.69 Å². The van der Waals surface area contributed by atoms with Crippen LogP contribution in [0.15, 0.2) is 0 Å². The summed E-state index contributed by atoms with van der Waals surface area (Å²) in [6.45, 7) is 5.93. The number of carbonyl (C=O) groups excluding carboxylic acids is 1. The van der Waals surface area contributed by atoms with Crippen LogP contribution in [0.4, 0.5) is 0 Å². The molecule has 0 bridgehead atoms. The van der Waals surface area contributed by atoms with Crippen molar-refractivity contribution in [2.24, 2.45) is 0 Å². The molecule has 1 fully saturated rings. The van der Waals surface area contributed by atoms with Crippen LogP contribution in [0.1, 0.15) is 60.8 Å². The van der Waals surface area contributed by atoms with E-state index in [9.17, 15) is 4.79 Å². The highest BCUT2D eigenvalue weighted by atomic mass is 32.1. The number of rotatable bonds is 5. The van der Waals surface area contributed by atoms with Gasteiger partial charge in [-0.1, -0.05) is 18.3 Å². The molecule has 112 valence electrons. The summed E-state index contributed by atoms with van der Waals surface area (Å²) < 4.78 is 3.98. The number of piperidine rings is 1. The lowest BCUT2D eigenvalue weighted by atomic mass is 9.98. The zero-order chi connectivity index (χ0) is 14.5. The summed E-state index contributed by atoms with van der Waals surface area (Å²) in [5.41, 5.74) is 0.845. The van der Waals surface area contributed by atoms with Crippen LogP contribution < -0.4 is 5.32 Å². The fourth-order valence-electron chi connectivity index (χ4n) is 2.73. The Morgan fingerprint density at radius 2 is 2.30 bits per heavy atom. The van der Waals surface area contributed by atoms with Gasteiger partial charge < -0.3 is 10.2 Å². The number of carbonyl (C=O) groups is 1. The smallest absolute Gasteiger partial charge is 0.267 e. The molecule has 0 aromatic carbocycles. The van der Waals surface area contributed by atoms with Crippen LogP contribution >= 0.6 is 11.5 Å². The van der Waals surface area contributed by atoms with Gasteiger partial charge in [0.2, 0.25) is 0 Å². The molecule has 2 rings (SSSR count). The predicted octanol–water partition coefficient (Wildman–Crippen LogP) is 2.27. The minimum atomic E-state index is 0.129. The molecule has 2 heterocycles. The van der Waals surface area contributed by atoms with Crippen LogP contribution in [0.3, 0.4) is 0 Å². The first-order valence-electron chi connectivity index (χ1n) is 7.43. The summed E-state index contributed by atoms with van der Waals surface area (Å²) in [6, 6.07) is 0.353. The molecular formula is C14H24N4OS. The number of likely N-dealkylation sites (tertiary alicyclic amines) is 1. The Bertz CT molecular complexity index is 446. The molecule has 1 unspecified atom stereocenters. The van der Waals surface area contributed by atoms with E-state index in [-0.39, 0.29) is 11.8 Å². The molecule has 1 atom stereocenters. The van der Waals surface area contributed by atoms with Gasteiger partial charge in [-0.15, -0.1) is 5.10 Å². The standard InChI is InChI=1S/C14H24N4OS/c1-10(2)12-13(20-17-16-12)14(19)18-9-5-4-6-11(18)7-8-15-3/h10-11,15H,4-9H2,1-3H3. The Morgan fingerprint density at radius 3 is 3.00 bits per heavy atom. The van der Waals surface area contributed by atoms with E-state index in [0.29, 0.717) is 6.04 Å². The van der Waals surface area contributed by atoms with Crippen molar-refractivity contribution in [3.63, 3.8) is 0 Å². The largest absolute Gasteiger partial charge is 0.335 e. The highest BCUT2D eigenvalue weighted by molar-refractivity contribution is 7.08. The van der Waals surface area contributed by atoms with E-state index in [1.54, 1.807) is 0 Å². The molecule has 1 aliphatic rings. The first-order chi connectivity index (χ1) is 9.65. The van der Waals surface area contributed by atoms with Crippen LogP contribution in [0.5, 0.6) is 0 Å². The van der Waals surface area contributed by atoms with Crippen molar-refractivity contribution >= 4 is 17.4 Å². The third kappa shape index (κ3) is 3.35. The molecule has 20 heavy (non-hydrogen) atoms. The number of hydrogen-bond acceptors (Lipinski definition) is 5. The molecule has 0 radical (unpaired) electrons. The number of nitrogens with zero attached hydrogens (tertiary/aromatic N) is 3. The first-order valence-corrected chi connectivity index (χ1v) is 8.20. The average molecular weight is 296 g/mol. The number of nitrogens with one attached hydrogen (secondary N) is 1. The van der Waals surface area contributed by atoms with E-state index < -0.39 is 0 Å². The molecule has 1 aromatic heterocycles. The summed E-state index contributed by atoms with van der Waals surface area (Å²) in [4.78, 5) is 15.6. The lowest BCUT2D eigenvalue weighted by Gasteiger charge is -2.35. The monoisotopic (exact) mass is 296 g/mol. The van der Waals surface area contributed by atoms with Crippen LogP contribution in [0, 0.1) is 0 Å². The topological polar surface area (TPSA) is 58.1 Å². The molecular weight excluding hydrogens is 272 g/mol. The Morgan fingerprint density at radius 1 is 1.50 bits per heavy atom. The van der Waals surface area contributed by atoms with Crippen LogP contribution in [-0.2, 0) is 0 Å². The van der Waals surface area contributed by atoms with Crippen LogP contribution in [-0.4, -0.2) is 46.6 Å². The fourth-order valence-corrected chi connectivity index (χ4v) is 3.51. The van der Waals surface area contributed by atoms with Gasteiger partial charge in [0.15, 0.2) is 0 Å². The molecule has 1 N–H and O–H groups in total. The van der Waals surface area contributed by atoms with E-state index in [2.05, 4.69) is 28.8 Å². The van der Waals surface area contributed by atoms with E-state index in [0.717, 1.165) is 42.9 Å². The highest BCUT2D eigenvalue weighted by Crippen LogP contribution is 2.26. The highest BCUT2D eigenvalue weighted by Gasteiger charge is 2.30. The zero-order valence-corrected chi connectivity index (χ0v) is 13.4. The number of aromatic nitrogens is 2. The minimum Gasteiger partial charge on any atom is -0.335 e. The molecule has 6 heteroatoms. The molecule has 0 aliphatic carbocycles. The SMILES string of the molecule is CNCCC1CCCCN1C(=O)c1snnc1C(C)C. The number of hydrogen-bond donors (Lipinski definition) is 1. The summed E-state index contributed by atoms with van der Waals surface area (Å²) >= 11 is 1.24. The van der Waals surface area contributed by atoms with Gasteiger partial charge in [-0.2, -0.15) is 0 Å². The molecule has 1 aromatic rings. The average Bonchev–Trinajstić information content (AvgIpc) is 2.94.